The average Bonchev–Trinajstić information content (AvgIpc) is 3.59. The van der Waals surface area contributed by atoms with Crippen molar-refractivity contribution in [3.8, 4) is 0 Å². The summed E-state index contributed by atoms with van der Waals surface area (Å²) in [4.78, 5) is 29.1. The fraction of sp³-hybridized carbons (Fsp3) is 0.267. The Kier molecular flexibility index (Phi) is 8.78. The molecule has 0 saturated carbocycles. The van der Waals surface area contributed by atoms with Gasteiger partial charge in [-0.15, -0.1) is 0 Å². The van der Waals surface area contributed by atoms with Crippen LogP contribution in [-0.2, 0) is 9.59 Å². The van der Waals surface area contributed by atoms with E-state index in [0.717, 1.165) is 25.9 Å². The summed E-state index contributed by atoms with van der Waals surface area (Å²) < 4.78 is 0. The summed E-state index contributed by atoms with van der Waals surface area (Å²) in [6.45, 7) is 4.47. The highest BCUT2D eigenvalue weighted by atomic mass is 16.4. The van der Waals surface area contributed by atoms with Gasteiger partial charge in [0.25, 0.3) is 0 Å². The van der Waals surface area contributed by atoms with Crippen molar-refractivity contribution in [1.29, 1.82) is 0 Å². The van der Waals surface area contributed by atoms with Crippen LogP contribution >= 0.6 is 0 Å². The number of aromatic amines is 2. The molecule has 2 aromatic heterocycles. The van der Waals surface area contributed by atoms with Crippen LogP contribution in [-0.4, -0.2) is 72.0 Å². The molecule has 0 atom stereocenters. The summed E-state index contributed by atoms with van der Waals surface area (Å²) in [6, 6.07) is 17.3. The molecule has 0 fully saturated rings. The monoisotopic (exact) mass is 512 g/mol. The summed E-state index contributed by atoms with van der Waals surface area (Å²) in [5.41, 5.74) is 8.13. The first-order chi connectivity index (χ1) is 18.3. The first-order valence-electron chi connectivity index (χ1n) is 12.6. The second-order valence-corrected chi connectivity index (χ2v) is 9.58. The number of aliphatic carboxylic acids is 2. The van der Waals surface area contributed by atoms with Crippen LogP contribution < -0.4 is 10.2 Å². The molecular formula is C30H32N4O4-2. The van der Waals surface area contributed by atoms with Crippen LogP contribution in [0, 0.1) is 0 Å². The zero-order valence-corrected chi connectivity index (χ0v) is 21.7. The molecule has 198 valence electrons. The van der Waals surface area contributed by atoms with Gasteiger partial charge in [-0.3, -0.25) is 0 Å². The first-order valence-corrected chi connectivity index (χ1v) is 12.6. The van der Waals surface area contributed by atoms with Gasteiger partial charge in [0.1, 0.15) is 0 Å². The van der Waals surface area contributed by atoms with Crippen molar-refractivity contribution in [2.24, 2.45) is 0 Å². The third-order valence-electron chi connectivity index (χ3n) is 6.73. The Hall–Kier alpha value is -4.14. The van der Waals surface area contributed by atoms with Crippen molar-refractivity contribution in [1.82, 2.24) is 19.8 Å². The highest BCUT2D eigenvalue weighted by Gasteiger charge is 2.13. The molecule has 4 aromatic rings. The van der Waals surface area contributed by atoms with Crippen LogP contribution in [0.4, 0.5) is 0 Å². The molecule has 0 aliphatic carbocycles. The number of hydrogen-bond donors (Lipinski definition) is 2. The molecule has 8 heteroatoms. The number of carboxylic acid groups (broad SMARTS) is 2. The van der Waals surface area contributed by atoms with E-state index in [2.05, 4.69) is 94.5 Å². The fourth-order valence-electron chi connectivity index (χ4n) is 4.91. The third kappa shape index (κ3) is 6.59. The van der Waals surface area contributed by atoms with Gasteiger partial charge in [0.15, 0.2) is 0 Å². The van der Waals surface area contributed by atoms with Gasteiger partial charge in [-0.1, -0.05) is 36.4 Å². The number of benzene rings is 2. The molecule has 6 rings (SSSR count). The molecule has 0 saturated heterocycles. The van der Waals surface area contributed by atoms with Crippen LogP contribution in [0.1, 0.15) is 24.0 Å². The van der Waals surface area contributed by atoms with Crippen LogP contribution in [0.5, 0.6) is 0 Å². The van der Waals surface area contributed by atoms with Crippen molar-refractivity contribution >= 4 is 44.9 Å². The van der Waals surface area contributed by atoms with Gasteiger partial charge in [-0.25, -0.2) is 0 Å². The molecule has 0 bridgehead atoms. The Morgan fingerprint density at radius 1 is 0.684 bits per heavy atom. The average molecular weight is 513 g/mol. The molecule has 38 heavy (non-hydrogen) atoms. The van der Waals surface area contributed by atoms with E-state index >= 15 is 0 Å². The van der Waals surface area contributed by atoms with Crippen molar-refractivity contribution in [3.63, 3.8) is 0 Å². The molecule has 2 aromatic carbocycles. The highest BCUT2D eigenvalue weighted by molar-refractivity contribution is 6.25. The van der Waals surface area contributed by atoms with Crippen LogP contribution in [0.3, 0.4) is 0 Å². The number of rotatable bonds is 2. The van der Waals surface area contributed by atoms with Gasteiger partial charge in [-0.2, -0.15) is 0 Å². The van der Waals surface area contributed by atoms with E-state index in [0.29, 0.717) is 0 Å². The normalized spacial score (nSPS) is 16.1. The van der Waals surface area contributed by atoms with Gasteiger partial charge >= 0.3 is 0 Å². The number of likely N-dealkylation sites (N-methyl/N-ethyl adjacent to an activating group) is 2. The number of carbonyl (C=O) groups excluding carboxylic acids is 2. The summed E-state index contributed by atoms with van der Waals surface area (Å²) >= 11 is 0. The van der Waals surface area contributed by atoms with Crippen molar-refractivity contribution in [3.05, 3.63) is 84.2 Å². The van der Waals surface area contributed by atoms with E-state index in [-0.39, 0.29) is 0 Å². The minimum Gasteiger partial charge on any atom is -0.543 e. The zero-order valence-electron chi connectivity index (χ0n) is 21.7. The molecule has 2 aliphatic heterocycles. The lowest BCUT2D eigenvalue weighted by Gasteiger charge is -2.23. The van der Waals surface area contributed by atoms with Crippen molar-refractivity contribution in [2.45, 2.75) is 12.8 Å². The lowest BCUT2D eigenvalue weighted by molar-refractivity contribution is -0.345. The Labute approximate surface area is 221 Å². The predicted octanol–water partition coefficient (Wildman–Crippen LogP) is 2.26. The van der Waals surface area contributed by atoms with Gasteiger partial charge in [0.2, 0.25) is 0 Å². The maximum Gasteiger partial charge on any atom is 0.0870 e. The molecule has 2 aliphatic rings. The lowest BCUT2D eigenvalue weighted by Crippen LogP contribution is -2.42. The molecule has 0 spiro atoms. The standard InChI is InChI=1S/2C14H16N2.C2H2O4/c2*1-16-9-3-4-11(10-16)12-5-2-6-14-13(12)7-8-15-14;3-1(4)2(5)6/h2*2,4-8,15H,3,9-10H2,1H3;(H,3,4)(H,5,6)/p-2. The smallest absolute Gasteiger partial charge is 0.0870 e. The second-order valence-electron chi connectivity index (χ2n) is 9.58. The van der Waals surface area contributed by atoms with Crippen molar-refractivity contribution in [2.75, 3.05) is 40.3 Å². The third-order valence-corrected chi connectivity index (χ3v) is 6.73. The minimum absolute atomic E-state index is 1.06. The van der Waals surface area contributed by atoms with Gasteiger partial charge in [0.05, 0.1) is 11.9 Å². The van der Waals surface area contributed by atoms with E-state index in [1.54, 1.807) is 0 Å². The summed E-state index contributed by atoms with van der Waals surface area (Å²) in [5, 5.41) is 20.5. The highest BCUT2D eigenvalue weighted by Crippen LogP contribution is 2.28. The number of nitrogens with one attached hydrogen (secondary N) is 2. The Morgan fingerprint density at radius 3 is 1.47 bits per heavy atom. The number of carboxylic acids is 2. The Bertz CT molecular complexity index is 1370. The molecule has 2 N–H and O–H groups in total. The summed E-state index contributed by atoms with van der Waals surface area (Å²) in [7, 11) is 4.37. The van der Waals surface area contributed by atoms with E-state index in [1.807, 2.05) is 12.4 Å². The molecule has 0 radical (unpaired) electrons. The van der Waals surface area contributed by atoms with Crippen LogP contribution in [0.15, 0.2) is 73.1 Å². The number of hydrogen-bond acceptors (Lipinski definition) is 6. The van der Waals surface area contributed by atoms with E-state index in [1.165, 1.54) is 57.2 Å². The first kappa shape index (κ1) is 26.9. The minimum atomic E-state index is -2.19. The maximum absolute atomic E-state index is 8.93. The van der Waals surface area contributed by atoms with E-state index in [4.69, 9.17) is 19.8 Å². The van der Waals surface area contributed by atoms with E-state index in [9.17, 15) is 0 Å². The number of nitrogens with zero attached hydrogens (tertiary/aromatic N) is 2. The Balaban J connectivity index is 0.000000147. The molecular weight excluding hydrogens is 480 g/mol. The molecule has 0 unspecified atom stereocenters. The zero-order chi connectivity index (χ0) is 27.1. The summed E-state index contributed by atoms with van der Waals surface area (Å²) in [5.74, 6) is -4.37. The van der Waals surface area contributed by atoms with Gasteiger partial charge < -0.3 is 39.6 Å². The second kappa shape index (κ2) is 12.4. The maximum atomic E-state index is 8.93. The van der Waals surface area contributed by atoms with Gasteiger partial charge in [-0.05, 0) is 73.5 Å². The topological polar surface area (TPSA) is 118 Å². The predicted molar refractivity (Wildman–Crippen MR) is 147 cm³/mol. The largest absolute Gasteiger partial charge is 0.543 e. The van der Waals surface area contributed by atoms with Gasteiger partial charge in [0, 0.05) is 60.4 Å². The van der Waals surface area contributed by atoms with Crippen molar-refractivity contribution < 1.29 is 19.8 Å². The Morgan fingerprint density at radius 2 is 1.11 bits per heavy atom. The number of H-pyrrole nitrogens is 2. The number of carbonyl (C=O) groups is 2. The summed E-state index contributed by atoms with van der Waals surface area (Å²) in [6.07, 6.45) is 11.1. The molecule has 8 nitrogen and oxygen atoms in total. The molecule has 4 heterocycles. The number of aromatic nitrogens is 2. The number of fused-ring (bicyclic) bond motifs is 2. The quantitative estimate of drug-likeness (QED) is 0.398. The van der Waals surface area contributed by atoms with E-state index < -0.39 is 11.9 Å². The SMILES string of the molecule is CN1CCC=C(c2cccc3[nH]ccc23)C1.CN1CCC=C(c2cccc3[nH]ccc23)C1.O=C([O-])C(=O)[O-]. The van der Waals surface area contributed by atoms with Crippen LogP contribution in [0.25, 0.3) is 33.0 Å². The lowest BCUT2D eigenvalue weighted by atomic mass is 9.98. The molecule has 0 amide bonds. The van der Waals surface area contributed by atoms with Crippen LogP contribution in [0.2, 0.25) is 0 Å². The fourth-order valence-corrected chi connectivity index (χ4v) is 4.91.